The molecule has 134 valence electrons. The molecule has 2 aromatic rings. The number of nitrogens with zero attached hydrogens (tertiary/aromatic N) is 1. The van der Waals surface area contributed by atoms with E-state index in [1.54, 1.807) is 0 Å². The van der Waals surface area contributed by atoms with E-state index in [0.29, 0.717) is 19.8 Å². The van der Waals surface area contributed by atoms with Crippen LogP contribution in [-0.2, 0) is 20.5 Å². The minimum Gasteiger partial charge on any atom is -0.379 e. The highest BCUT2D eigenvalue weighted by molar-refractivity contribution is 7.88. The molecule has 25 heavy (non-hydrogen) atoms. The first-order valence-electron chi connectivity index (χ1n) is 8.52. The molecule has 6 heteroatoms. The van der Waals surface area contributed by atoms with Crippen molar-refractivity contribution in [3.05, 3.63) is 71.8 Å². The van der Waals surface area contributed by atoms with Crippen LogP contribution in [0.4, 0.5) is 0 Å². The number of rotatable bonds is 7. The SMILES string of the molecule is O=S(=O)(Cc1ccccc1)NCC(c1ccccc1)N1CCOCC1. The third-order valence-electron chi connectivity index (χ3n) is 4.37. The van der Waals surface area contributed by atoms with Crippen LogP contribution in [0.25, 0.3) is 0 Å². The summed E-state index contributed by atoms with van der Waals surface area (Å²) in [6.45, 7) is 3.33. The third kappa shape index (κ3) is 5.37. The summed E-state index contributed by atoms with van der Waals surface area (Å²) in [5, 5.41) is 0. The Morgan fingerprint density at radius 1 is 0.960 bits per heavy atom. The maximum absolute atomic E-state index is 12.5. The Morgan fingerprint density at radius 3 is 2.20 bits per heavy atom. The topological polar surface area (TPSA) is 58.6 Å². The fourth-order valence-corrected chi connectivity index (χ4v) is 4.22. The molecule has 5 nitrogen and oxygen atoms in total. The predicted octanol–water partition coefficient (Wildman–Crippen LogP) is 2.18. The van der Waals surface area contributed by atoms with Crippen LogP contribution >= 0.6 is 0 Å². The Labute approximate surface area is 149 Å². The van der Waals surface area contributed by atoms with Crippen LogP contribution in [0.3, 0.4) is 0 Å². The average Bonchev–Trinajstić information content (AvgIpc) is 2.64. The van der Waals surface area contributed by atoms with Gasteiger partial charge in [0.15, 0.2) is 0 Å². The van der Waals surface area contributed by atoms with E-state index in [1.807, 2.05) is 60.7 Å². The van der Waals surface area contributed by atoms with Crippen LogP contribution in [0.5, 0.6) is 0 Å². The first kappa shape index (κ1) is 18.1. The molecule has 2 aromatic carbocycles. The van der Waals surface area contributed by atoms with E-state index in [4.69, 9.17) is 4.74 Å². The van der Waals surface area contributed by atoms with Gasteiger partial charge in [-0.1, -0.05) is 60.7 Å². The first-order valence-corrected chi connectivity index (χ1v) is 10.2. The molecule has 0 bridgehead atoms. The quantitative estimate of drug-likeness (QED) is 0.822. The van der Waals surface area contributed by atoms with Crippen LogP contribution < -0.4 is 4.72 Å². The molecule has 0 aliphatic carbocycles. The number of hydrogen-bond acceptors (Lipinski definition) is 4. The van der Waals surface area contributed by atoms with Crippen molar-refractivity contribution in [2.45, 2.75) is 11.8 Å². The smallest absolute Gasteiger partial charge is 0.215 e. The third-order valence-corrected chi connectivity index (χ3v) is 5.69. The lowest BCUT2D eigenvalue weighted by molar-refractivity contribution is 0.0172. The molecule has 1 aliphatic heterocycles. The standard InChI is InChI=1S/C19H24N2O3S/c22-25(23,16-17-7-3-1-4-8-17)20-15-19(18-9-5-2-6-10-18)21-11-13-24-14-12-21/h1-10,19-20H,11-16H2. The molecule has 0 saturated carbocycles. The Hall–Kier alpha value is -1.73. The predicted molar refractivity (Wildman–Crippen MR) is 98.6 cm³/mol. The molecule has 1 fully saturated rings. The van der Waals surface area contributed by atoms with Gasteiger partial charge in [-0.15, -0.1) is 0 Å². The summed E-state index contributed by atoms with van der Waals surface area (Å²) in [7, 11) is -3.38. The molecule has 0 spiro atoms. The molecule has 0 amide bonds. The van der Waals surface area contributed by atoms with Gasteiger partial charge in [0, 0.05) is 25.7 Å². The van der Waals surface area contributed by atoms with Gasteiger partial charge in [0.2, 0.25) is 10.0 Å². The minimum atomic E-state index is -3.38. The molecule has 1 atom stereocenters. The van der Waals surface area contributed by atoms with Gasteiger partial charge in [-0.25, -0.2) is 13.1 Å². The zero-order valence-electron chi connectivity index (χ0n) is 14.2. The van der Waals surface area contributed by atoms with Crippen molar-refractivity contribution in [3.8, 4) is 0 Å². The zero-order valence-corrected chi connectivity index (χ0v) is 15.0. The van der Waals surface area contributed by atoms with Crippen molar-refractivity contribution in [2.75, 3.05) is 32.8 Å². The van der Waals surface area contributed by atoms with Crippen molar-refractivity contribution in [3.63, 3.8) is 0 Å². The zero-order chi connectivity index (χ0) is 17.5. The number of sulfonamides is 1. The maximum atomic E-state index is 12.5. The maximum Gasteiger partial charge on any atom is 0.215 e. The largest absolute Gasteiger partial charge is 0.379 e. The fourth-order valence-electron chi connectivity index (χ4n) is 3.07. The summed E-state index contributed by atoms with van der Waals surface area (Å²) in [6.07, 6.45) is 0. The molecular formula is C19H24N2O3S. The van der Waals surface area contributed by atoms with Gasteiger partial charge in [0.05, 0.1) is 19.0 Å². The van der Waals surface area contributed by atoms with E-state index in [9.17, 15) is 8.42 Å². The normalized spacial score (nSPS) is 17.3. The average molecular weight is 360 g/mol. The molecule has 1 N–H and O–H groups in total. The first-order chi connectivity index (χ1) is 12.1. The molecule has 3 rings (SSSR count). The van der Waals surface area contributed by atoms with Gasteiger partial charge in [0.25, 0.3) is 0 Å². The lowest BCUT2D eigenvalue weighted by Gasteiger charge is -2.34. The lowest BCUT2D eigenvalue weighted by atomic mass is 10.1. The fraction of sp³-hybridized carbons (Fsp3) is 0.368. The van der Waals surface area contributed by atoms with Crippen molar-refractivity contribution in [2.24, 2.45) is 0 Å². The van der Waals surface area contributed by atoms with Crippen molar-refractivity contribution < 1.29 is 13.2 Å². The second-order valence-electron chi connectivity index (χ2n) is 6.17. The highest BCUT2D eigenvalue weighted by Crippen LogP contribution is 2.21. The van der Waals surface area contributed by atoms with Crippen LogP contribution in [-0.4, -0.2) is 46.2 Å². The monoisotopic (exact) mass is 360 g/mol. The van der Waals surface area contributed by atoms with Gasteiger partial charge in [0.1, 0.15) is 0 Å². The number of nitrogens with one attached hydrogen (secondary N) is 1. The molecule has 0 aromatic heterocycles. The number of morpholine rings is 1. The van der Waals surface area contributed by atoms with Gasteiger partial charge in [-0.3, -0.25) is 4.90 Å². The van der Waals surface area contributed by atoms with E-state index in [1.165, 1.54) is 0 Å². The lowest BCUT2D eigenvalue weighted by Crippen LogP contribution is -2.44. The van der Waals surface area contributed by atoms with E-state index in [0.717, 1.165) is 24.2 Å². The minimum absolute atomic E-state index is 0.00153. The van der Waals surface area contributed by atoms with E-state index in [2.05, 4.69) is 9.62 Å². The summed E-state index contributed by atoms with van der Waals surface area (Å²) in [5.41, 5.74) is 1.91. The van der Waals surface area contributed by atoms with Gasteiger partial charge < -0.3 is 4.74 Å². The molecular weight excluding hydrogens is 336 g/mol. The van der Waals surface area contributed by atoms with Gasteiger partial charge >= 0.3 is 0 Å². The highest BCUT2D eigenvalue weighted by atomic mass is 32.2. The van der Waals surface area contributed by atoms with Gasteiger partial charge in [-0.05, 0) is 11.1 Å². The van der Waals surface area contributed by atoms with Gasteiger partial charge in [-0.2, -0.15) is 0 Å². The Morgan fingerprint density at radius 2 is 1.56 bits per heavy atom. The Bertz CT molecular complexity index is 745. The molecule has 1 saturated heterocycles. The summed E-state index contributed by atoms with van der Waals surface area (Å²) in [4.78, 5) is 2.28. The molecule has 1 aliphatic rings. The van der Waals surface area contributed by atoms with E-state index >= 15 is 0 Å². The Kier molecular flexibility index (Phi) is 6.20. The van der Waals surface area contributed by atoms with E-state index in [-0.39, 0.29) is 11.8 Å². The second kappa shape index (κ2) is 8.58. The van der Waals surface area contributed by atoms with Crippen LogP contribution in [0.2, 0.25) is 0 Å². The number of hydrogen-bond donors (Lipinski definition) is 1. The van der Waals surface area contributed by atoms with Crippen molar-refractivity contribution in [1.82, 2.24) is 9.62 Å². The summed E-state index contributed by atoms with van der Waals surface area (Å²) in [6, 6.07) is 19.3. The van der Waals surface area contributed by atoms with Crippen LogP contribution in [0, 0.1) is 0 Å². The van der Waals surface area contributed by atoms with Crippen LogP contribution in [0.1, 0.15) is 17.2 Å². The van der Waals surface area contributed by atoms with Crippen molar-refractivity contribution in [1.29, 1.82) is 0 Å². The summed E-state index contributed by atoms with van der Waals surface area (Å²) >= 11 is 0. The van der Waals surface area contributed by atoms with Crippen molar-refractivity contribution >= 4 is 10.0 Å². The van der Waals surface area contributed by atoms with E-state index < -0.39 is 10.0 Å². The number of ether oxygens (including phenoxy) is 1. The molecule has 1 heterocycles. The van der Waals surface area contributed by atoms with Crippen LogP contribution in [0.15, 0.2) is 60.7 Å². The highest BCUT2D eigenvalue weighted by Gasteiger charge is 2.24. The molecule has 1 unspecified atom stereocenters. The number of benzene rings is 2. The molecule has 0 radical (unpaired) electrons. The summed E-state index contributed by atoms with van der Waals surface area (Å²) in [5.74, 6) is -0.00153. The Balaban J connectivity index is 1.69. The summed E-state index contributed by atoms with van der Waals surface area (Å²) < 4.78 is 33.2. The second-order valence-corrected chi connectivity index (χ2v) is 7.97.